The normalized spacial score (nSPS) is 16.1. The predicted octanol–water partition coefficient (Wildman–Crippen LogP) is 5.03. The number of benzene rings is 2. The highest BCUT2D eigenvalue weighted by atomic mass is 32.2. The second kappa shape index (κ2) is 6.74. The van der Waals surface area contributed by atoms with Crippen molar-refractivity contribution in [1.82, 2.24) is 9.47 Å². The number of thioether (sulfide) groups is 1. The van der Waals surface area contributed by atoms with Crippen molar-refractivity contribution in [2.24, 2.45) is 7.05 Å². The van der Waals surface area contributed by atoms with Gasteiger partial charge in [-0.1, -0.05) is 42.5 Å². The highest BCUT2D eigenvalue weighted by molar-refractivity contribution is 8.18. The van der Waals surface area contributed by atoms with Crippen LogP contribution in [-0.2, 0) is 18.4 Å². The van der Waals surface area contributed by atoms with Gasteiger partial charge in [-0.3, -0.25) is 14.5 Å². The molecule has 136 valence electrons. The first-order chi connectivity index (χ1) is 13.0. The smallest absolute Gasteiger partial charge is 0.293 e. The van der Waals surface area contributed by atoms with Gasteiger partial charge < -0.3 is 4.57 Å². The summed E-state index contributed by atoms with van der Waals surface area (Å²) in [5.41, 5.74) is 5.24. The molecule has 2 heterocycles. The van der Waals surface area contributed by atoms with Crippen LogP contribution < -0.4 is 0 Å². The monoisotopic (exact) mass is 376 g/mol. The van der Waals surface area contributed by atoms with E-state index in [9.17, 15) is 9.59 Å². The number of rotatable bonds is 3. The number of fused-ring (bicyclic) bond motifs is 1. The van der Waals surface area contributed by atoms with Crippen LogP contribution in [0.4, 0.5) is 4.79 Å². The molecular formula is C22H20N2O2S. The van der Waals surface area contributed by atoms with Crippen molar-refractivity contribution in [3.8, 4) is 0 Å². The second-order valence-corrected chi connectivity index (χ2v) is 7.76. The van der Waals surface area contributed by atoms with Crippen LogP contribution in [0.15, 0.2) is 53.4 Å². The fourth-order valence-corrected chi connectivity index (χ4v) is 4.28. The minimum Gasteiger partial charge on any atom is -0.347 e. The molecular weight excluding hydrogens is 356 g/mol. The van der Waals surface area contributed by atoms with Gasteiger partial charge in [-0.05, 0) is 48.9 Å². The number of carbonyl (C=O) groups excluding carboxylic acids is 2. The molecule has 3 aromatic rings. The molecule has 1 fully saturated rings. The number of imide groups is 1. The van der Waals surface area contributed by atoms with Crippen LogP contribution >= 0.6 is 11.8 Å². The molecule has 5 heteroatoms. The predicted molar refractivity (Wildman–Crippen MR) is 110 cm³/mol. The molecule has 27 heavy (non-hydrogen) atoms. The SMILES string of the molecule is Cc1ccccc1CN1C(=O)S/C(=C\c2c(C)n(C)c3ccccc23)C1=O. The van der Waals surface area contributed by atoms with Crippen LogP contribution in [0.5, 0.6) is 0 Å². The van der Waals surface area contributed by atoms with E-state index in [-0.39, 0.29) is 11.1 Å². The third-order valence-electron chi connectivity index (χ3n) is 5.19. The van der Waals surface area contributed by atoms with Crippen molar-refractivity contribution in [3.63, 3.8) is 0 Å². The Labute approximate surface area is 162 Å². The summed E-state index contributed by atoms with van der Waals surface area (Å²) in [6, 6.07) is 15.9. The zero-order valence-corrected chi connectivity index (χ0v) is 16.3. The summed E-state index contributed by atoms with van der Waals surface area (Å²) in [5.74, 6) is -0.222. The molecule has 0 N–H and O–H groups in total. The molecule has 0 saturated carbocycles. The fraction of sp³-hybridized carbons (Fsp3) is 0.182. The van der Waals surface area contributed by atoms with Crippen molar-refractivity contribution in [1.29, 1.82) is 0 Å². The van der Waals surface area contributed by atoms with E-state index >= 15 is 0 Å². The molecule has 1 saturated heterocycles. The summed E-state index contributed by atoms with van der Waals surface area (Å²) in [5, 5.41) is 0.871. The number of hydrogen-bond acceptors (Lipinski definition) is 3. The summed E-state index contributed by atoms with van der Waals surface area (Å²) >= 11 is 1.02. The highest BCUT2D eigenvalue weighted by Crippen LogP contribution is 2.36. The Morgan fingerprint density at radius 2 is 1.70 bits per heavy atom. The summed E-state index contributed by atoms with van der Waals surface area (Å²) in [6.07, 6.45) is 1.86. The van der Waals surface area contributed by atoms with Crippen LogP contribution in [0.25, 0.3) is 17.0 Å². The van der Waals surface area contributed by atoms with Gasteiger partial charge in [0.15, 0.2) is 0 Å². The summed E-state index contributed by atoms with van der Waals surface area (Å²) < 4.78 is 2.11. The van der Waals surface area contributed by atoms with E-state index in [4.69, 9.17) is 0 Å². The summed E-state index contributed by atoms with van der Waals surface area (Å²) in [6.45, 7) is 4.33. The Kier molecular flexibility index (Phi) is 4.40. The molecule has 0 spiro atoms. The lowest BCUT2D eigenvalue weighted by Gasteiger charge is -2.14. The maximum absolute atomic E-state index is 12.9. The van der Waals surface area contributed by atoms with Crippen LogP contribution in [0.2, 0.25) is 0 Å². The first-order valence-corrected chi connectivity index (χ1v) is 9.63. The van der Waals surface area contributed by atoms with Gasteiger partial charge in [-0.15, -0.1) is 0 Å². The first kappa shape index (κ1) is 17.6. The quantitative estimate of drug-likeness (QED) is 0.602. The molecule has 1 aliphatic heterocycles. The molecule has 2 amide bonds. The Morgan fingerprint density at radius 3 is 2.48 bits per heavy atom. The Balaban J connectivity index is 1.70. The molecule has 0 radical (unpaired) electrons. The minimum atomic E-state index is -0.222. The minimum absolute atomic E-state index is 0.215. The van der Waals surface area contributed by atoms with Crippen molar-refractivity contribution in [2.45, 2.75) is 20.4 Å². The topological polar surface area (TPSA) is 42.3 Å². The van der Waals surface area contributed by atoms with Crippen molar-refractivity contribution in [3.05, 3.63) is 75.8 Å². The van der Waals surface area contributed by atoms with Gasteiger partial charge >= 0.3 is 0 Å². The molecule has 0 unspecified atom stereocenters. The van der Waals surface area contributed by atoms with Gasteiger partial charge in [0, 0.05) is 29.2 Å². The summed E-state index contributed by atoms with van der Waals surface area (Å²) in [4.78, 5) is 27.2. The number of para-hydroxylation sites is 1. The second-order valence-electron chi connectivity index (χ2n) is 6.77. The van der Waals surface area contributed by atoms with Gasteiger partial charge in [-0.2, -0.15) is 0 Å². The maximum atomic E-state index is 12.9. The number of aryl methyl sites for hydroxylation is 2. The largest absolute Gasteiger partial charge is 0.347 e. The Bertz CT molecular complexity index is 1110. The standard InChI is InChI=1S/C22H20N2O2S/c1-14-8-4-5-9-16(14)13-24-21(25)20(27-22(24)26)12-18-15(2)23(3)19-11-7-6-10-17(18)19/h4-12H,13H2,1-3H3/b20-12-. The van der Waals surface area contributed by atoms with Crippen molar-refractivity contribution < 1.29 is 9.59 Å². The number of nitrogens with zero attached hydrogens (tertiary/aromatic N) is 2. The number of aromatic nitrogens is 1. The maximum Gasteiger partial charge on any atom is 0.293 e. The third kappa shape index (κ3) is 2.98. The van der Waals surface area contributed by atoms with Crippen molar-refractivity contribution in [2.75, 3.05) is 0 Å². The van der Waals surface area contributed by atoms with Gasteiger partial charge in [0.05, 0.1) is 11.4 Å². The van der Waals surface area contributed by atoms with Gasteiger partial charge in [0.1, 0.15) is 0 Å². The lowest BCUT2D eigenvalue weighted by atomic mass is 10.1. The molecule has 1 aliphatic rings. The molecule has 1 aromatic heterocycles. The van der Waals surface area contributed by atoms with E-state index in [0.29, 0.717) is 11.4 Å². The molecule has 0 bridgehead atoms. The molecule has 0 aliphatic carbocycles. The van der Waals surface area contributed by atoms with Gasteiger partial charge in [0.2, 0.25) is 0 Å². The average molecular weight is 376 g/mol. The fourth-order valence-electron chi connectivity index (χ4n) is 3.46. The van der Waals surface area contributed by atoms with Crippen LogP contribution in [-0.4, -0.2) is 20.6 Å². The zero-order chi connectivity index (χ0) is 19.1. The van der Waals surface area contributed by atoms with Crippen molar-refractivity contribution >= 4 is 39.9 Å². The van der Waals surface area contributed by atoms with E-state index in [1.54, 1.807) is 0 Å². The van der Waals surface area contributed by atoms with Crippen LogP contribution in [0, 0.1) is 13.8 Å². The molecule has 2 aromatic carbocycles. The summed E-state index contributed by atoms with van der Waals surface area (Å²) in [7, 11) is 2.01. The van der Waals surface area contributed by atoms with E-state index < -0.39 is 0 Å². The average Bonchev–Trinajstić information content (AvgIpc) is 3.07. The zero-order valence-electron chi connectivity index (χ0n) is 15.5. The van der Waals surface area contributed by atoms with E-state index in [1.807, 2.05) is 69.4 Å². The van der Waals surface area contributed by atoms with E-state index in [0.717, 1.165) is 45.0 Å². The van der Waals surface area contributed by atoms with Gasteiger partial charge in [0.25, 0.3) is 11.1 Å². The Morgan fingerprint density at radius 1 is 1.00 bits per heavy atom. The van der Waals surface area contributed by atoms with Crippen LogP contribution in [0.3, 0.4) is 0 Å². The lowest BCUT2D eigenvalue weighted by Crippen LogP contribution is -2.27. The molecule has 4 rings (SSSR count). The first-order valence-electron chi connectivity index (χ1n) is 8.81. The highest BCUT2D eigenvalue weighted by Gasteiger charge is 2.35. The molecule has 4 nitrogen and oxygen atoms in total. The lowest BCUT2D eigenvalue weighted by molar-refractivity contribution is -0.123. The van der Waals surface area contributed by atoms with Crippen LogP contribution in [0.1, 0.15) is 22.4 Å². The number of hydrogen-bond donors (Lipinski definition) is 0. The Hall–Kier alpha value is -2.79. The molecule has 0 atom stereocenters. The van der Waals surface area contributed by atoms with E-state index in [2.05, 4.69) is 10.6 Å². The van der Waals surface area contributed by atoms with Gasteiger partial charge in [-0.25, -0.2) is 0 Å². The van der Waals surface area contributed by atoms with E-state index in [1.165, 1.54) is 4.90 Å². The third-order valence-corrected chi connectivity index (χ3v) is 6.09. The number of carbonyl (C=O) groups is 2. The number of amides is 2.